The van der Waals surface area contributed by atoms with E-state index in [0.29, 0.717) is 0 Å². The van der Waals surface area contributed by atoms with Gasteiger partial charge < -0.3 is 9.47 Å². The van der Waals surface area contributed by atoms with Gasteiger partial charge in [-0.3, -0.25) is 10.1 Å². The van der Waals surface area contributed by atoms with Crippen LogP contribution in [-0.2, 0) is 7.05 Å². The molecule has 0 saturated carbocycles. The summed E-state index contributed by atoms with van der Waals surface area (Å²) in [4.78, 5) is 17.4. The summed E-state index contributed by atoms with van der Waals surface area (Å²) in [6.07, 6.45) is 3.21. The highest BCUT2D eigenvalue weighted by atomic mass is 16.6. The fraction of sp³-hybridized carbons (Fsp3) is 0.357. The number of benzene rings is 1. The number of hydrogen-bond donors (Lipinski definition) is 0. The number of nitro groups is 1. The van der Waals surface area contributed by atoms with Crippen LogP contribution in [0.1, 0.15) is 12.2 Å². The number of hydrogen-bond acceptors (Lipinski definition) is 4. The predicted octanol–water partition coefficient (Wildman–Crippen LogP) is 2.20. The van der Waals surface area contributed by atoms with Crippen LogP contribution in [0, 0.1) is 10.1 Å². The lowest BCUT2D eigenvalue weighted by molar-refractivity contribution is -0.384. The molecule has 6 heteroatoms. The average Bonchev–Trinajstić information content (AvgIpc) is 2.76. The first-order valence-electron chi connectivity index (χ1n) is 6.55. The molecule has 0 spiro atoms. The Morgan fingerprint density at radius 2 is 2.15 bits per heavy atom. The fourth-order valence-corrected chi connectivity index (χ4v) is 2.63. The van der Waals surface area contributed by atoms with Crippen LogP contribution in [0.5, 0.6) is 0 Å². The van der Waals surface area contributed by atoms with Crippen molar-refractivity contribution in [3.05, 3.63) is 40.2 Å². The zero-order chi connectivity index (χ0) is 14.3. The van der Waals surface area contributed by atoms with Crippen molar-refractivity contribution >= 4 is 22.3 Å². The highest BCUT2D eigenvalue weighted by molar-refractivity contribution is 5.82. The third-order valence-corrected chi connectivity index (χ3v) is 3.70. The zero-order valence-electron chi connectivity index (χ0n) is 11.5. The first-order chi connectivity index (χ1) is 9.56. The number of fused-ring (bicyclic) bond motifs is 1. The second-order valence-corrected chi connectivity index (χ2v) is 5.18. The first-order valence-corrected chi connectivity index (χ1v) is 6.55. The average molecular weight is 272 g/mol. The Bertz CT molecular complexity index is 717. The molecule has 0 bridgehead atoms. The number of likely N-dealkylation sites (N-methyl/N-ethyl adjacent to an activating group) is 1. The number of nitro benzene ring substituents is 1. The van der Waals surface area contributed by atoms with Crippen molar-refractivity contribution in [3.63, 3.8) is 0 Å². The van der Waals surface area contributed by atoms with Crippen LogP contribution in [0.25, 0.3) is 16.6 Å². The van der Waals surface area contributed by atoms with E-state index in [2.05, 4.69) is 23.0 Å². The van der Waals surface area contributed by atoms with Crippen molar-refractivity contribution in [3.8, 4) is 0 Å². The monoisotopic (exact) mass is 272 g/mol. The molecule has 0 aliphatic carbocycles. The normalized spacial score (nSPS) is 16.4. The number of aryl methyl sites for hydroxylation is 1. The molecule has 0 saturated heterocycles. The fourth-order valence-electron chi connectivity index (χ4n) is 2.63. The highest BCUT2D eigenvalue weighted by Crippen LogP contribution is 2.26. The SMILES string of the molecule is CN1CCC=C(c2nc3ccc([N+](=O)[O-])cc3n2C)C1. The van der Waals surface area contributed by atoms with E-state index in [1.54, 1.807) is 12.1 Å². The van der Waals surface area contributed by atoms with Crippen LogP contribution in [0.15, 0.2) is 24.3 Å². The summed E-state index contributed by atoms with van der Waals surface area (Å²) in [5.74, 6) is 0.895. The van der Waals surface area contributed by atoms with Gasteiger partial charge in [0.05, 0.1) is 16.0 Å². The van der Waals surface area contributed by atoms with Gasteiger partial charge in [-0.25, -0.2) is 4.98 Å². The summed E-state index contributed by atoms with van der Waals surface area (Å²) in [7, 11) is 3.99. The Balaban J connectivity index is 2.11. The van der Waals surface area contributed by atoms with Crippen LogP contribution < -0.4 is 0 Å². The third-order valence-electron chi connectivity index (χ3n) is 3.70. The van der Waals surface area contributed by atoms with Gasteiger partial charge in [0.15, 0.2) is 0 Å². The van der Waals surface area contributed by atoms with Crippen molar-refractivity contribution in [2.45, 2.75) is 6.42 Å². The van der Waals surface area contributed by atoms with E-state index in [1.807, 2.05) is 11.6 Å². The van der Waals surface area contributed by atoms with Crippen molar-refractivity contribution in [1.29, 1.82) is 0 Å². The smallest absolute Gasteiger partial charge is 0.271 e. The zero-order valence-corrected chi connectivity index (χ0v) is 11.5. The minimum absolute atomic E-state index is 0.0989. The van der Waals surface area contributed by atoms with E-state index in [4.69, 9.17) is 0 Å². The molecule has 0 unspecified atom stereocenters. The van der Waals surface area contributed by atoms with Crippen molar-refractivity contribution in [1.82, 2.24) is 14.5 Å². The number of imidazole rings is 1. The Morgan fingerprint density at radius 3 is 2.85 bits per heavy atom. The van der Waals surface area contributed by atoms with E-state index in [-0.39, 0.29) is 10.6 Å². The van der Waals surface area contributed by atoms with Crippen LogP contribution in [0.4, 0.5) is 5.69 Å². The van der Waals surface area contributed by atoms with Gasteiger partial charge in [0.1, 0.15) is 5.82 Å². The van der Waals surface area contributed by atoms with E-state index in [9.17, 15) is 10.1 Å². The van der Waals surface area contributed by atoms with E-state index >= 15 is 0 Å². The van der Waals surface area contributed by atoms with Gasteiger partial charge in [-0.15, -0.1) is 0 Å². The molecule has 1 aromatic heterocycles. The molecule has 0 amide bonds. The highest BCUT2D eigenvalue weighted by Gasteiger charge is 2.18. The van der Waals surface area contributed by atoms with Crippen LogP contribution in [0.3, 0.4) is 0 Å². The molecule has 2 aromatic rings. The van der Waals surface area contributed by atoms with Crippen molar-refractivity contribution in [2.75, 3.05) is 20.1 Å². The molecule has 3 rings (SSSR count). The maximum absolute atomic E-state index is 10.9. The summed E-state index contributed by atoms with van der Waals surface area (Å²) in [6, 6.07) is 4.80. The Hall–Kier alpha value is -2.21. The van der Waals surface area contributed by atoms with E-state index in [1.165, 1.54) is 11.6 Å². The third kappa shape index (κ3) is 2.08. The maximum Gasteiger partial charge on any atom is 0.271 e. The first kappa shape index (κ1) is 12.8. The van der Waals surface area contributed by atoms with Crippen LogP contribution >= 0.6 is 0 Å². The summed E-state index contributed by atoms with van der Waals surface area (Å²) < 4.78 is 1.94. The molecular weight excluding hydrogens is 256 g/mol. The second-order valence-electron chi connectivity index (χ2n) is 5.18. The molecule has 6 nitrogen and oxygen atoms in total. The number of nitrogens with zero attached hydrogens (tertiary/aromatic N) is 4. The topological polar surface area (TPSA) is 64.2 Å². The molecule has 0 N–H and O–H groups in total. The lowest BCUT2D eigenvalue weighted by Gasteiger charge is -2.22. The van der Waals surface area contributed by atoms with E-state index in [0.717, 1.165) is 36.4 Å². The molecular formula is C14H16N4O2. The van der Waals surface area contributed by atoms with E-state index < -0.39 is 0 Å². The summed E-state index contributed by atoms with van der Waals surface area (Å²) in [5.41, 5.74) is 2.87. The second kappa shape index (κ2) is 4.72. The van der Waals surface area contributed by atoms with Gasteiger partial charge in [-0.05, 0) is 19.5 Å². The number of non-ortho nitro benzene ring substituents is 1. The van der Waals surface area contributed by atoms with Gasteiger partial charge in [0.25, 0.3) is 5.69 Å². The Morgan fingerprint density at radius 1 is 1.35 bits per heavy atom. The minimum atomic E-state index is -0.375. The number of rotatable bonds is 2. The van der Waals surface area contributed by atoms with Gasteiger partial charge >= 0.3 is 0 Å². The molecule has 1 aliphatic heterocycles. The van der Waals surface area contributed by atoms with Gasteiger partial charge in [0.2, 0.25) is 0 Å². The van der Waals surface area contributed by atoms with Crippen molar-refractivity contribution < 1.29 is 4.92 Å². The molecule has 2 heterocycles. The Kier molecular flexibility index (Phi) is 3.02. The molecule has 20 heavy (non-hydrogen) atoms. The Labute approximate surface area is 116 Å². The molecule has 1 aliphatic rings. The summed E-state index contributed by atoms with van der Waals surface area (Å²) in [5, 5.41) is 10.9. The molecule has 0 fully saturated rings. The van der Waals surface area contributed by atoms with Gasteiger partial charge in [-0.2, -0.15) is 0 Å². The molecule has 0 radical (unpaired) electrons. The summed E-state index contributed by atoms with van der Waals surface area (Å²) >= 11 is 0. The van der Waals surface area contributed by atoms with Gasteiger partial charge in [0, 0.05) is 37.8 Å². The van der Waals surface area contributed by atoms with Gasteiger partial charge in [-0.1, -0.05) is 6.08 Å². The molecule has 104 valence electrons. The quantitative estimate of drug-likeness (QED) is 0.621. The lowest BCUT2D eigenvalue weighted by Crippen LogP contribution is -2.25. The largest absolute Gasteiger partial charge is 0.327 e. The lowest BCUT2D eigenvalue weighted by atomic mass is 10.1. The van der Waals surface area contributed by atoms with Crippen LogP contribution in [-0.4, -0.2) is 39.5 Å². The molecule has 0 atom stereocenters. The summed E-state index contributed by atoms with van der Waals surface area (Å²) in [6.45, 7) is 1.91. The molecule has 1 aromatic carbocycles. The number of aromatic nitrogens is 2. The standard InChI is InChI=1S/C14H16N4O2/c1-16-7-3-4-10(9-16)14-15-12-6-5-11(18(19)20)8-13(12)17(14)2/h4-6,8H,3,7,9H2,1-2H3. The van der Waals surface area contributed by atoms with Crippen molar-refractivity contribution in [2.24, 2.45) is 7.05 Å². The maximum atomic E-state index is 10.9. The van der Waals surface area contributed by atoms with Crippen LogP contribution in [0.2, 0.25) is 0 Å². The minimum Gasteiger partial charge on any atom is -0.327 e. The predicted molar refractivity (Wildman–Crippen MR) is 77.5 cm³/mol.